The van der Waals surface area contributed by atoms with Crippen LogP contribution in [-0.2, 0) is 16.8 Å². The molecule has 1 heterocycles. The molecule has 1 aromatic rings. The maximum Gasteiger partial charge on any atom is 0.281 e. The van der Waals surface area contributed by atoms with E-state index in [4.69, 9.17) is 4.42 Å². The first kappa shape index (κ1) is 18.2. The summed E-state index contributed by atoms with van der Waals surface area (Å²) in [5, 5.41) is 3.27. The van der Waals surface area contributed by atoms with Gasteiger partial charge in [-0.25, -0.2) is 0 Å². The van der Waals surface area contributed by atoms with Crippen molar-refractivity contribution >= 4 is 10.2 Å². The van der Waals surface area contributed by atoms with E-state index in [1.165, 1.54) is 8.61 Å². The number of hydrogen-bond donors (Lipinski definition) is 1. The Morgan fingerprint density at radius 3 is 2.43 bits per heavy atom. The van der Waals surface area contributed by atoms with Crippen molar-refractivity contribution in [2.45, 2.75) is 39.8 Å². The van der Waals surface area contributed by atoms with E-state index in [1.54, 1.807) is 20.2 Å². The predicted octanol–water partition coefficient (Wildman–Crippen LogP) is 1.58. The fourth-order valence-electron chi connectivity index (χ4n) is 1.92. The fraction of sp³-hybridized carbons (Fsp3) is 0.714. The minimum absolute atomic E-state index is 0.241. The van der Waals surface area contributed by atoms with Crippen molar-refractivity contribution < 1.29 is 12.8 Å². The van der Waals surface area contributed by atoms with Gasteiger partial charge in [0.25, 0.3) is 10.2 Å². The maximum absolute atomic E-state index is 12.4. The van der Waals surface area contributed by atoms with Crippen LogP contribution in [0.25, 0.3) is 0 Å². The van der Waals surface area contributed by atoms with Crippen LogP contribution in [0.2, 0.25) is 0 Å². The molecule has 0 aromatic carbocycles. The lowest BCUT2D eigenvalue weighted by molar-refractivity contribution is 0.356. The van der Waals surface area contributed by atoms with E-state index in [-0.39, 0.29) is 6.54 Å². The number of nitrogens with zero attached hydrogens (tertiary/aromatic N) is 2. The third-order valence-corrected chi connectivity index (χ3v) is 5.05. The SMILES string of the molecule is Cc1ccc(CN(C)S(=O)(=O)N(C)CCCNC(C)C)o1. The molecule has 0 saturated carbocycles. The van der Waals surface area contributed by atoms with Crippen LogP contribution < -0.4 is 5.32 Å². The second kappa shape index (κ2) is 7.93. The number of nitrogens with one attached hydrogen (secondary N) is 1. The first-order chi connectivity index (χ1) is 9.73. The van der Waals surface area contributed by atoms with Crippen LogP contribution in [0.15, 0.2) is 16.5 Å². The summed E-state index contributed by atoms with van der Waals surface area (Å²) in [6.07, 6.45) is 0.779. The van der Waals surface area contributed by atoms with Crippen LogP contribution in [0.4, 0.5) is 0 Å². The summed E-state index contributed by atoms with van der Waals surface area (Å²) in [6, 6.07) is 4.04. The molecule has 7 heteroatoms. The molecule has 0 radical (unpaired) electrons. The summed E-state index contributed by atoms with van der Waals surface area (Å²) in [5.74, 6) is 1.43. The Bertz CT molecular complexity index is 525. The molecular formula is C14H27N3O3S. The average Bonchev–Trinajstić information content (AvgIpc) is 2.79. The molecular weight excluding hydrogens is 290 g/mol. The molecule has 0 atom stereocenters. The molecule has 0 bridgehead atoms. The topological polar surface area (TPSA) is 65.8 Å². The summed E-state index contributed by atoms with van der Waals surface area (Å²) in [6.45, 7) is 7.51. The zero-order chi connectivity index (χ0) is 16.0. The molecule has 0 saturated heterocycles. The Kier molecular flexibility index (Phi) is 6.86. The molecule has 1 rings (SSSR count). The summed E-state index contributed by atoms with van der Waals surface area (Å²) < 4.78 is 32.8. The standard InChI is InChI=1S/C14H27N3O3S/c1-12(2)15-9-6-10-16(4)21(18,19)17(5)11-14-8-7-13(3)20-14/h7-8,12,15H,6,9-11H2,1-5H3. The van der Waals surface area contributed by atoms with Gasteiger partial charge in [0.05, 0.1) is 6.54 Å². The Balaban J connectivity index is 2.50. The van der Waals surface area contributed by atoms with Crippen LogP contribution in [-0.4, -0.2) is 50.3 Å². The molecule has 21 heavy (non-hydrogen) atoms. The molecule has 0 amide bonds. The third-order valence-electron chi connectivity index (χ3n) is 3.16. The highest BCUT2D eigenvalue weighted by Gasteiger charge is 2.24. The first-order valence-corrected chi connectivity index (χ1v) is 8.59. The van der Waals surface area contributed by atoms with Gasteiger partial charge in [-0.15, -0.1) is 0 Å². The Hall–Kier alpha value is -0.890. The lowest BCUT2D eigenvalue weighted by atomic mass is 10.3. The molecule has 0 aliphatic heterocycles. The Morgan fingerprint density at radius 1 is 1.24 bits per heavy atom. The summed E-state index contributed by atoms with van der Waals surface area (Å²) in [7, 11) is -0.278. The van der Waals surface area contributed by atoms with Crippen molar-refractivity contribution in [3.05, 3.63) is 23.7 Å². The molecule has 0 unspecified atom stereocenters. The predicted molar refractivity (Wildman–Crippen MR) is 84.2 cm³/mol. The van der Waals surface area contributed by atoms with Crippen molar-refractivity contribution in [1.29, 1.82) is 0 Å². The van der Waals surface area contributed by atoms with E-state index in [0.717, 1.165) is 18.7 Å². The van der Waals surface area contributed by atoms with Gasteiger partial charge >= 0.3 is 0 Å². The van der Waals surface area contributed by atoms with Gasteiger partial charge in [-0.1, -0.05) is 13.8 Å². The van der Waals surface area contributed by atoms with E-state index in [0.29, 0.717) is 18.3 Å². The summed E-state index contributed by atoms with van der Waals surface area (Å²) >= 11 is 0. The Morgan fingerprint density at radius 2 is 1.90 bits per heavy atom. The lowest BCUT2D eigenvalue weighted by Gasteiger charge is -2.24. The number of rotatable bonds is 9. The normalized spacial score (nSPS) is 12.8. The van der Waals surface area contributed by atoms with Gasteiger partial charge < -0.3 is 9.73 Å². The van der Waals surface area contributed by atoms with Gasteiger partial charge in [-0.3, -0.25) is 0 Å². The van der Waals surface area contributed by atoms with Gasteiger partial charge in [0.1, 0.15) is 11.5 Å². The zero-order valence-corrected chi connectivity index (χ0v) is 14.4. The molecule has 0 spiro atoms. The van der Waals surface area contributed by atoms with Crippen molar-refractivity contribution in [3.8, 4) is 0 Å². The molecule has 1 N–H and O–H groups in total. The average molecular weight is 317 g/mol. The summed E-state index contributed by atoms with van der Waals surface area (Å²) in [5.41, 5.74) is 0. The molecule has 0 aliphatic carbocycles. The monoisotopic (exact) mass is 317 g/mol. The van der Waals surface area contributed by atoms with Gasteiger partial charge in [-0.05, 0) is 32.0 Å². The highest BCUT2D eigenvalue weighted by Crippen LogP contribution is 2.13. The minimum Gasteiger partial charge on any atom is -0.465 e. The largest absolute Gasteiger partial charge is 0.465 e. The van der Waals surface area contributed by atoms with E-state index >= 15 is 0 Å². The van der Waals surface area contributed by atoms with Gasteiger partial charge in [0, 0.05) is 26.7 Å². The van der Waals surface area contributed by atoms with Gasteiger partial charge in [-0.2, -0.15) is 17.0 Å². The van der Waals surface area contributed by atoms with Crippen LogP contribution in [0.1, 0.15) is 31.8 Å². The van der Waals surface area contributed by atoms with E-state index < -0.39 is 10.2 Å². The quantitative estimate of drug-likeness (QED) is 0.702. The van der Waals surface area contributed by atoms with Gasteiger partial charge in [0.2, 0.25) is 0 Å². The van der Waals surface area contributed by atoms with Crippen molar-refractivity contribution in [2.24, 2.45) is 0 Å². The van der Waals surface area contributed by atoms with E-state index in [1.807, 2.05) is 13.0 Å². The minimum atomic E-state index is -3.45. The molecule has 6 nitrogen and oxygen atoms in total. The molecule has 1 aromatic heterocycles. The number of furan rings is 1. The van der Waals surface area contributed by atoms with Gasteiger partial charge in [0.15, 0.2) is 0 Å². The smallest absolute Gasteiger partial charge is 0.281 e. The fourth-order valence-corrected chi connectivity index (χ4v) is 3.04. The lowest BCUT2D eigenvalue weighted by Crippen LogP contribution is -2.40. The van der Waals surface area contributed by atoms with Crippen LogP contribution in [0, 0.1) is 6.92 Å². The van der Waals surface area contributed by atoms with Crippen molar-refractivity contribution in [2.75, 3.05) is 27.2 Å². The molecule has 122 valence electrons. The van der Waals surface area contributed by atoms with Crippen LogP contribution in [0.3, 0.4) is 0 Å². The Labute approximate surface area is 128 Å². The number of hydrogen-bond acceptors (Lipinski definition) is 4. The highest BCUT2D eigenvalue weighted by molar-refractivity contribution is 7.86. The van der Waals surface area contributed by atoms with Crippen molar-refractivity contribution in [3.63, 3.8) is 0 Å². The van der Waals surface area contributed by atoms with E-state index in [9.17, 15) is 8.42 Å². The second-order valence-electron chi connectivity index (χ2n) is 5.56. The first-order valence-electron chi connectivity index (χ1n) is 7.19. The maximum atomic E-state index is 12.4. The van der Waals surface area contributed by atoms with Crippen LogP contribution >= 0.6 is 0 Å². The van der Waals surface area contributed by atoms with Crippen molar-refractivity contribution in [1.82, 2.24) is 13.9 Å². The second-order valence-corrected chi connectivity index (χ2v) is 7.70. The zero-order valence-electron chi connectivity index (χ0n) is 13.6. The number of aryl methyl sites for hydroxylation is 1. The third kappa shape index (κ3) is 5.78. The summed E-state index contributed by atoms with van der Waals surface area (Å²) in [4.78, 5) is 0. The molecule has 0 aliphatic rings. The van der Waals surface area contributed by atoms with Crippen LogP contribution in [0.5, 0.6) is 0 Å². The molecule has 0 fully saturated rings. The van der Waals surface area contributed by atoms with E-state index in [2.05, 4.69) is 19.2 Å². The highest BCUT2D eigenvalue weighted by atomic mass is 32.2.